The fraction of sp³-hybridized carbons (Fsp3) is 0.538. The second-order valence-corrected chi connectivity index (χ2v) is 6.97. The Morgan fingerprint density at radius 3 is 2.70 bits per heavy atom. The highest BCUT2D eigenvalue weighted by molar-refractivity contribution is 7.89. The Labute approximate surface area is 141 Å². The highest BCUT2D eigenvalue weighted by Crippen LogP contribution is 2.29. The molecule has 1 aromatic carbocycles. The highest BCUT2D eigenvalue weighted by Gasteiger charge is 2.29. The summed E-state index contributed by atoms with van der Waals surface area (Å²) in [5.41, 5.74) is -0.219. The van der Waals surface area contributed by atoms with E-state index in [0.29, 0.717) is 6.54 Å². The van der Waals surface area contributed by atoms with Gasteiger partial charge in [0.2, 0.25) is 10.0 Å². The van der Waals surface area contributed by atoms with Crippen LogP contribution in [0.25, 0.3) is 0 Å². The summed E-state index contributed by atoms with van der Waals surface area (Å²) in [4.78, 5) is 10.1. The minimum atomic E-state index is -3.82. The van der Waals surface area contributed by atoms with Gasteiger partial charge in [-0.2, -0.15) is 0 Å². The van der Waals surface area contributed by atoms with E-state index in [-0.39, 0.29) is 40.7 Å². The third-order valence-electron chi connectivity index (χ3n) is 3.78. The summed E-state index contributed by atoms with van der Waals surface area (Å²) in [5.74, 6) is 0.165. The molecule has 0 bridgehead atoms. The number of hydrogen-bond acceptors (Lipinski definition) is 6. The molecule has 23 heavy (non-hydrogen) atoms. The Bertz CT molecular complexity index is 668. The molecule has 1 aliphatic heterocycles. The number of rotatable bonds is 5. The number of piperidine rings is 1. The second-order valence-electron chi connectivity index (χ2n) is 5.29. The number of halogens is 1. The molecule has 1 aromatic rings. The van der Waals surface area contributed by atoms with Crippen LogP contribution in [0.4, 0.5) is 5.69 Å². The van der Waals surface area contributed by atoms with Crippen LogP contribution in [0.15, 0.2) is 23.1 Å². The number of hydrogen-bond donors (Lipinski definition) is 2. The fourth-order valence-corrected chi connectivity index (χ4v) is 3.90. The lowest BCUT2D eigenvalue weighted by Gasteiger charge is -2.30. The molecule has 10 heteroatoms. The quantitative estimate of drug-likeness (QED) is 0.601. The number of nitrogens with one attached hydrogen (secondary N) is 2. The van der Waals surface area contributed by atoms with E-state index in [4.69, 9.17) is 4.74 Å². The van der Waals surface area contributed by atoms with Crippen LogP contribution in [-0.4, -0.2) is 39.6 Å². The van der Waals surface area contributed by atoms with Crippen LogP contribution < -0.4 is 14.8 Å². The SMILES string of the molecule is COc1cc([N+](=O)[O-])ccc1S(=O)(=O)NC1CNCCC1C.Cl. The predicted molar refractivity (Wildman–Crippen MR) is 87.7 cm³/mol. The zero-order valence-corrected chi connectivity index (χ0v) is 14.4. The van der Waals surface area contributed by atoms with Gasteiger partial charge in [0.15, 0.2) is 0 Å². The third kappa shape index (κ3) is 4.54. The molecule has 0 amide bonds. The maximum absolute atomic E-state index is 12.5. The van der Waals surface area contributed by atoms with Gasteiger partial charge in [0.05, 0.1) is 18.1 Å². The van der Waals surface area contributed by atoms with Crippen LogP contribution in [-0.2, 0) is 10.0 Å². The number of nitrogens with zero attached hydrogens (tertiary/aromatic N) is 1. The first-order valence-corrected chi connectivity index (χ1v) is 8.39. The fourth-order valence-electron chi connectivity index (χ4n) is 2.40. The van der Waals surface area contributed by atoms with E-state index in [2.05, 4.69) is 10.0 Å². The second kappa shape index (κ2) is 7.91. The molecule has 1 heterocycles. The molecule has 1 aliphatic rings. The maximum atomic E-state index is 12.5. The molecule has 1 fully saturated rings. The number of nitro groups is 1. The van der Waals surface area contributed by atoms with Gasteiger partial charge >= 0.3 is 0 Å². The van der Waals surface area contributed by atoms with Gasteiger partial charge in [0.25, 0.3) is 5.69 Å². The van der Waals surface area contributed by atoms with Crippen LogP contribution in [0.2, 0.25) is 0 Å². The number of sulfonamides is 1. The summed E-state index contributed by atoms with van der Waals surface area (Å²) in [7, 11) is -2.54. The lowest BCUT2D eigenvalue weighted by molar-refractivity contribution is -0.385. The van der Waals surface area contributed by atoms with E-state index in [0.717, 1.165) is 25.1 Å². The van der Waals surface area contributed by atoms with Crippen molar-refractivity contribution in [2.24, 2.45) is 5.92 Å². The van der Waals surface area contributed by atoms with Crippen molar-refractivity contribution in [3.63, 3.8) is 0 Å². The number of non-ortho nitro benzene ring substituents is 1. The Morgan fingerprint density at radius 2 is 2.13 bits per heavy atom. The van der Waals surface area contributed by atoms with E-state index in [1.54, 1.807) is 0 Å². The summed E-state index contributed by atoms with van der Waals surface area (Å²) in [5, 5.41) is 13.9. The van der Waals surface area contributed by atoms with Gasteiger partial charge in [-0.3, -0.25) is 10.1 Å². The Kier molecular flexibility index (Phi) is 6.75. The number of ether oxygens (including phenoxy) is 1. The lowest BCUT2D eigenvalue weighted by Crippen LogP contribution is -2.50. The Hall–Kier alpha value is -1.42. The topological polar surface area (TPSA) is 111 Å². The Balaban J connectivity index is 0.00000264. The van der Waals surface area contributed by atoms with Crippen molar-refractivity contribution in [2.75, 3.05) is 20.2 Å². The Morgan fingerprint density at radius 1 is 1.43 bits per heavy atom. The molecule has 0 aliphatic carbocycles. The average Bonchev–Trinajstić information content (AvgIpc) is 2.48. The first-order chi connectivity index (χ1) is 10.3. The van der Waals surface area contributed by atoms with Gasteiger partial charge in [-0.1, -0.05) is 6.92 Å². The molecule has 2 atom stereocenters. The van der Waals surface area contributed by atoms with E-state index in [9.17, 15) is 18.5 Å². The largest absolute Gasteiger partial charge is 0.495 e. The summed E-state index contributed by atoms with van der Waals surface area (Å²) in [6.07, 6.45) is 0.880. The van der Waals surface area contributed by atoms with Crippen LogP contribution >= 0.6 is 12.4 Å². The van der Waals surface area contributed by atoms with E-state index in [1.807, 2.05) is 6.92 Å². The van der Waals surface area contributed by atoms with Crippen molar-refractivity contribution in [3.05, 3.63) is 28.3 Å². The molecule has 0 aromatic heterocycles. The van der Waals surface area contributed by atoms with Crippen LogP contribution in [0.1, 0.15) is 13.3 Å². The molecule has 130 valence electrons. The summed E-state index contributed by atoms with van der Waals surface area (Å²) < 4.78 is 32.7. The molecular formula is C13H20ClN3O5S. The molecule has 2 unspecified atom stereocenters. The highest BCUT2D eigenvalue weighted by atomic mass is 35.5. The first-order valence-electron chi connectivity index (χ1n) is 6.90. The van der Waals surface area contributed by atoms with Gasteiger partial charge in [-0.15, -0.1) is 12.4 Å². The molecule has 2 rings (SSSR count). The molecule has 0 saturated carbocycles. The molecule has 1 saturated heterocycles. The number of nitro benzene ring substituents is 1. The lowest BCUT2D eigenvalue weighted by atomic mass is 9.96. The van der Waals surface area contributed by atoms with Gasteiger partial charge in [0, 0.05) is 18.7 Å². The first kappa shape index (κ1) is 19.6. The molecule has 0 spiro atoms. The van der Waals surface area contributed by atoms with Crippen molar-refractivity contribution in [1.29, 1.82) is 0 Å². The van der Waals surface area contributed by atoms with Crippen molar-refractivity contribution in [2.45, 2.75) is 24.3 Å². The maximum Gasteiger partial charge on any atom is 0.273 e. The molecular weight excluding hydrogens is 346 g/mol. The van der Waals surface area contributed by atoms with Gasteiger partial charge in [0.1, 0.15) is 10.6 Å². The van der Waals surface area contributed by atoms with E-state index >= 15 is 0 Å². The van der Waals surface area contributed by atoms with Crippen LogP contribution in [0.5, 0.6) is 5.75 Å². The van der Waals surface area contributed by atoms with Gasteiger partial charge < -0.3 is 10.1 Å². The van der Waals surface area contributed by atoms with Crippen molar-refractivity contribution in [3.8, 4) is 5.75 Å². The smallest absolute Gasteiger partial charge is 0.273 e. The summed E-state index contributed by atoms with van der Waals surface area (Å²) in [6.45, 7) is 3.40. The number of methoxy groups -OCH3 is 1. The van der Waals surface area contributed by atoms with E-state index in [1.165, 1.54) is 13.2 Å². The minimum absolute atomic E-state index is 0. The summed E-state index contributed by atoms with van der Waals surface area (Å²) >= 11 is 0. The molecule has 2 N–H and O–H groups in total. The normalized spacial score (nSPS) is 21.3. The zero-order valence-electron chi connectivity index (χ0n) is 12.8. The molecule has 8 nitrogen and oxygen atoms in total. The molecule has 0 radical (unpaired) electrons. The monoisotopic (exact) mass is 365 g/mol. The van der Waals surface area contributed by atoms with Gasteiger partial charge in [-0.05, 0) is 24.9 Å². The standard InChI is InChI=1S/C13H19N3O5S.ClH/c1-9-5-6-14-8-11(9)15-22(19,20)13-4-3-10(16(17)18)7-12(13)21-2;/h3-4,7,9,11,14-15H,5-6,8H2,1-2H3;1H. The minimum Gasteiger partial charge on any atom is -0.495 e. The predicted octanol–water partition coefficient (Wildman–Crippen LogP) is 1.30. The van der Waals surface area contributed by atoms with Crippen LogP contribution in [0, 0.1) is 16.0 Å². The average molecular weight is 366 g/mol. The third-order valence-corrected chi connectivity index (χ3v) is 5.31. The van der Waals surface area contributed by atoms with Gasteiger partial charge in [-0.25, -0.2) is 13.1 Å². The van der Waals surface area contributed by atoms with Crippen molar-refractivity contribution in [1.82, 2.24) is 10.0 Å². The van der Waals surface area contributed by atoms with Crippen LogP contribution in [0.3, 0.4) is 0 Å². The van der Waals surface area contributed by atoms with Crippen molar-refractivity contribution < 1.29 is 18.1 Å². The summed E-state index contributed by atoms with van der Waals surface area (Å²) in [6, 6.07) is 3.23. The zero-order chi connectivity index (χ0) is 16.3. The van der Waals surface area contributed by atoms with Crippen molar-refractivity contribution >= 4 is 28.1 Å². The number of benzene rings is 1. The van der Waals surface area contributed by atoms with E-state index < -0.39 is 14.9 Å².